The summed E-state index contributed by atoms with van der Waals surface area (Å²) in [4.78, 5) is 63.5. The van der Waals surface area contributed by atoms with Gasteiger partial charge in [-0.15, -0.1) is 0 Å². The number of allylic oxidation sites excluding steroid dienone is 8. The van der Waals surface area contributed by atoms with Gasteiger partial charge in [-0.05, 0) is 139 Å². The van der Waals surface area contributed by atoms with Crippen molar-refractivity contribution < 1.29 is 27.6 Å². The lowest BCUT2D eigenvalue weighted by molar-refractivity contribution is -0.120. The fourth-order valence-electron chi connectivity index (χ4n) is 8.90. The van der Waals surface area contributed by atoms with Gasteiger partial charge < -0.3 is 9.80 Å². The van der Waals surface area contributed by atoms with Gasteiger partial charge in [-0.2, -0.15) is 0 Å². The van der Waals surface area contributed by atoms with Crippen LogP contribution in [0.25, 0.3) is 0 Å². The fraction of sp³-hybridized carbons (Fsp3) is 0.559. The summed E-state index contributed by atoms with van der Waals surface area (Å²) in [7, 11) is -3.24. The Labute approximate surface area is 449 Å². The van der Waals surface area contributed by atoms with Crippen LogP contribution in [0.5, 0.6) is 0 Å². The van der Waals surface area contributed by atoms with Gasteiger partial charge in [-0.1, -0.05) is 114 Å². The number of anilines is 2. The van der Waals surface area contributed by atoms with Gasteiger partial charge in [0.1, 0.15) is 11.6 Å². The Kier molecular flexibility index (Phi) is 27.6. The van der Waals surface area contributed by atoms with Crippen molar-refractivity contribution in [2.45, 2.75) is 184 Å². The number of carbonyl (C=O) groups excluding carboxylic acids is 4. The molecule has 0 spiro atoms. The maximum absolute atomic E-state index is 12.9. The predicted octanol–water partition coefficient (Wildman–Crippen LogP) is 14.6. The number of nitrogens with zero attached hydrogens (tertiary/aromatic N) is 4. The zero-order valence-corrected chi connectivity index (χ0v) is 48.3. The zero-order chi connectivity index (χ0) is 54.3. The van der Waals surface area contributed by atoms with Gasteiger partial charge in [0.25, 0.3) is 0 Å². The van der Waals surface area contributed by atoms with E-state index in [0.717, 1.165) is 73.2 Å². The van der Waals surface area contributed by atoms with Crippen molar-refractivity contribution in [1.29, 1.82) is 0 Å². The molecule has 0 aliphatic heterocycles. The molecule has 73 heavy (non-hydrogen) atoms. The first-order valence-corrected chi connectivity index (χ1v) is 29.4. The molecule has 2 aliphatic rings. The molecule has 14 heteroatoms. The van der Waals surface area contributed by atoms with Crippen LogP contribution in [0.1, 0.15) is 176 Å². The minimum Gasteiger partial charge on any atom is -0.370 e. The van der Waals surface area contributed by atoms with Crippen LogP contribution in [-0.2, 0) is 29.2 Å². The van der Waals surface area contributed by atoms with Crippen LogP contribution in [0.4, 0.5) is 22.7 Å². The molecule has 0 fully saturated rings. The van der Waals surface area contributed by atoms with Gasteiger partial charge in [0.2, 0.25) is 21.6 Å². The Bertz CT molecular complexity index is 2540. The summed E-state index contributed by atoms with van der Waals surface area (Å²) in [6, 6.07) is 12.6. The summed E-state index contributed by atoms with van der Waals surface area (Å²) in [5, 5.41) is 0.255. The van der Waals surface area contributed by atoms with Crippen molar-refractivity contribution in [3.05, 3.63) is 92.0 Å². The number of carbonyl (C=O) groups is 4. The second-order valence-electron chi connectivity index (χ2n) is 19.7. The molecule has 0 aromatic heterocycles. The number of rotatable bonds is 30. The molecule has 0 bridgehead atoms. The first-order chi connectivity index (χ1) is 34.6. The highest BCUT2D eigenvalue weighted by molar-refractivity contribution is 7.88. The average molecular weight is 1060 g/mol. The minimum absolute atomic E-state index is 0.0617. The van der Waals surface area contributed by atoms with Crippen LogP contribution < -0.4 is 14.5 Å². The van der Waals surface area contributed by atoms with E-state index in [1.165, 1.54) is 76.8 Å². The van der Waals surface area contributed by atoms with E-state index in [2.05, 4.69) is 54.3 Å². The fourth-order valence-corrected chi connectivity index (χ4v) is 9.80. The maximum atomic E-state index is 12.9. The molecule has 0 saturated heterocycles. The number of aliphatic imine (C=N–C) groups is 2. The Hall–Kier alpha value is -4.49. The highest BCUT2D eigenvalue weighted by Crippen LogP contribution is 2.32. The van der Waals surface area contributed by atoms with Crippen LogP contribution >= 0.6 is 23.2 Å². The van der Waals surface area contributed by atoms with Crippen molar-refractivity contribution >= 4 is 90.5 Å². The van der Waals surface area contributed by atoms with Crippen LogP contribution in [0, 0.1) is 13.8 Å². The molecule has 0 amide bonds. The third kappa shape index (κ3) is 21.0. The van der Waals surface area contributed by atoms with E-state index in [9.17, 15) is 27.6 Å². The molecule has 0 radical (unpaired) electrons. The molecule has 11 nitrogen and oxygen atoms in total. The summed E-state index contributed by atoms with van der Waals surface area (Å²) in [6.45, 7) is 22.4. The number of halogens is 2. The lowest BCUT2D eigenvalue weighted by Gasteiger charge is -2.30. The average Bonchev–Trinajstić information content (AvgIpc) is 3.34. The van der Waals surface area contributed by atoms with Crippen molar-refractivity contribution in [2.24, 2.45) is 9.98 Å². The van der Waals surface area contributed by atoms with Gasteiger partial charge in [0.15, 0.2) is 0 Å². The Morgan fingerprint density at radius 3 is 1.53 bits per heavy atom. The van der Waals surface area contributed by atoms with E-state index < -0.39 is 10.0 Å². The molecule has 1 unspecified atom stereocenters. The second kappa shape index (κ2) is 32.1. The number of benzene rings is 2. The number of likely N-dealkylation sites (N-methyl/N-ethyl adjacent to an activating group) is 1. The number of aryl methyl sites for hydroxylation is 2. The number of ketones is 4. The van der Waals surface area contributed by atoms with E-state index >= 15 is 0 Å². The molecule has 0 saturated carbocycles. The predicted molar refractivity (Wildman–Crippen MR) is 309 cm³/mol. The molecular formula is C59H85Cl2N5O6S. The summed E-state index contributed by atoms with van der Waals surface area (Å²) in [6.07, 6.45) is 22.6. The van der Waals surface area contributed by atoms with Crippen LogP contribution in [-0.4, -0.2) is 81.5 Å². The monoisotopic (exact) mass is 1060 g/mol. The Morgan fingerprint density at radius 2 is 1.11 bits per heavy atom. The second-order valence-corrected chi connectivity index (χ2v) is 22.3. The number of hydrogen-bond donors (Lipinski definition) is 1. The molecule has 402 valence electrons. The SMILES string of the molecule is CCC(C)N(CC)c1ccc(N=C2C=C(CC(C)=O)C(=O)C(Cl)=C2C)c(C)c1.CCCCCCCCCCCCCCCC(=O)CC1=CC(=Nc2ccc(N(CC)CCNS(C)(=O)=O)cc2C)C(C)=C(Cl)C1=O. The molecule has 1 N–H and O–H groups in total. The third-order valence-electron chi connectivity index (χ3n) is 13.5. The largest absolute Gasteiger partial charge is 0.370 e. The van der Waals surface area contributed by atoms with E-state index in [1.807, 2.05) is 45.0 Å². The normalized spacial score (nSPS) is 15.6. The number of hydrogen-bond acceptors (Lipinski definition) is 10. The highest BCUT2D eigenvalue weighted by Gasteiger charge is 2.27. The van der Waals surface area contributed by atoms with Gasteiger partial charge in [0, 0.05) is 74.0 Å². The van der Waals surface area contributed by atoms with Gasteiger partial charge in [-0.3, -0.25) is 19.2 Å². The van der Waals surface area contributed by atoms with E-state index in [1.54, 1.807) is 26.0 Å². The maximum Gasteiger partial charge on any atom is 0.208 e. The van der Waals surface area contributed by atoms with Crippen molar-refractivity contribution in [2.75, 3.05) is 42.2 Å². The topological polar surface area (TPSA) is 146 Å². The number of sulfonamides is 1. The summed E-state index contributed by atoms with van der Waals surface area (Å²) >= 11 is 12.7. The minimum atomic E-state index is -3.24. The molecule has 2 aromatic rings. The van der Waals surface area contributed by atoms with Crippen molar-refractivity contribution in [3.8, 4) is 0 Å². The van der Waals surface area contributed by atoms with Crippen LogP contribution in [0.15, 0.2) is 90.9 Å². The van der Waals surface area contributed by atoms with Gasteiger partial charge in [-0.25, -0.2) is 23.1 Å². The molecule has 4 rings (SSSR count). The molecule has 2 aliphatic carbocycles. The third-order valence-corrected chi connectivity index (χ3v) is 15.2. The first kappa shape index (κ1) is 62.8. The van der Waals surface area contributed by atoms with Gasteiger partial charge in [0.05, 0.1) is 39.1 Å². The smallest absolute Gasteiger partial charge is 0.208 e. The number of nitrogens with one attached hydrogen (secondary N) is 1. The first-order valence-electron chi connectivity index (χ1n) is 26.8. The van der Waals surface area contributed by atoms with Crippen LogP contribution in [0.3, 0.4) is 0 Å². The lowest BCUT2D eigenvalue weighted by atomic mass is 9.92. The van der Waals surface area contributed by atoms with Crippen molar-refractivity contribution in [3.63, 3.8) is 0 Å². The van der Waals surface area contributed by atoms with E-state index in [-0.39, 0.29) is 46.0 Å². The van der Waals surface area contributed by atoms with Gasteiger partial charge >= 0.3 is 0 Å². The summed E-state index contributed by atoms with van der Waals surface area (Å²) < 4.78 is 25.4. The Balaban J connectivity index is 0.000000429. The lowest BCUT2D eigenvalue weighted by Crippen LogP contribution is -2.34. The zero-order valence-electron chi connectivity index (χ0n) is 45.9. The Morgan fingerprint density at radius 1 is 0.658 bits per heavy atom. The van der Waals surface area contributed by atoms with Crippen molar-refractivity contribution in [1.82, 2.24) is 4.72 Å². The molecule has 1 atom stereocenters. The van der Waals surface area contributed by atoms with E-state index in [0.29, 0.717) is 59.3 Å². The summed E-state index contributed by atoms with van der Waals surface area (Å²) in [5.74, 6) is -0.590. The van der Waals surface area contributed by atoms with Crippen LogP contribution in [0.2, 0.25) is 0 Å². The standard InChI is InChI=1S/C36H56ClN3O4S.C23H29ClN2O2/c1-6-8-9-10-11-12-13-14-15-16-17-18-19-20-32(41)26-30-27-34(29(4)35(37)36(30)42)39-33-22-21-31(25-28(33)3)40(7-2)24-23-38-45(5,43)44;1-7-15(4)26(8-2)19-9-10-20(14(3)11-19)25-21-13-18(12-16(5)27)23(28)22(24)17(21)6/h21-22,25,27,38H,6-20,23-24,26H2,1-5H3;9-11,13,15H,7-8,12H2,1-6H3. The summed E-state index contributed by atoms with van der Waals surface area (Å²) in [5.41, 5.74) is 8.94. The number of unbranched alkanes of at least 4 members (excludes halogenated alkanes) is 12. The molecule has 2 aromatic carbocycles. The molecular weight excluding hydrogens is 978 g/mol. The van der Waals surface area contributed by atoms with E-state index in [4.69, 9.17) is 33.2 Å². The number of Topliss-reactive ketones (excluding diaryl/α,β-unsaturated/α-hetero) is 4. The highest BCUT2D eigenvalue weighted by atomic mass is 35.5. The quantitative estimate of drug-likeness (QED) is 0.0601. The molecule has 0 heterocycles.